The summed E-state index contributed by atoms with van der Waals surface area (Å²) in [4.78, 5) is 9.55. The Bertz CT molecular complexity index is 785. The van der Waals surface area contributed by atoms with Crippen LogP contribution >= 0.6 is 0 Å². The molecule has 2 aliphatic rings. The van der Waals surface area contributed by atoms with Crippen LogP contribution < -0.4 is 9.47 Å². The molecule has 2 aromatic rings. The molecule has 4 rings (SSSR count). The van der Waals surface area contributed by atoms with Gasteiger partial charge >= 0.3 is 0 Å². The first-order chi connectivity index (χ1) is 14.2. The van der Waals surface area contributed by atoms with Gasteiger partial charge in [0, 0.05) is 37.1 Å². The van der Waals surface area contributed by atoms with Gasteiger partial charge in [0.2, 0.25) is 0 Å². The topological polar surface area (TPSA) is 42.8 Å². The summed E-state index contributed by atoms with van der Waals surface area (Å²) in [5.74, 6) is 2.59. The zero-order valence-electron chi connectivity index (χ0n) is 17.8. The number of aromatic nitrogens is 2. The molecule has 0 spiro atoms. The van der Waals surface area contributed by atoms with Crippen molar-refractivity contribution in [2.24, 2.45) is 0 Å². The van der Waals surface area contributed by atoms with Gasteiger partial charge in [-0.1, -0.05) is 6.42 Å². The molecule has 0 amide bonds. The summed E-state index contributed by atoms with van der Waals surface area (Å²) in [6, 6.07) is 6.65. The maximum atomic E-state index is 6.06. The van der Waals surface area contributed by atoms with Gasteiger partial charge in [-0.25, -0.2) is 4.98 Å². The van der Waals surface area contributed by atoms with Crippen LogP contribution in [0.4, 0.5) is 0 Å². The Kier molecular flexibility index (Phi) is 6.72. The van der Waals surface area contributed by atoms with Gasteiger partial charge in [0.25, 0.3) is 0 Å². The number of likely N-dealkylation sites (tertiary alicyclic amines) is 2. The molecule has 1 atom stereocenters. The summed E-state index contributed by atoms with van der Waals surface area (Å²) < 4.78 is 14.0. The van der Waals surface area contributed by atoms with E-state index >= 15 is 0 Å². The quantitative estimate of drug-likeness (QED) is 0.712. The predicted molar refractivity (Wildman–Crippen MR) is 116 cm³/mol. The monoisotopic (exact) mass is 398 g/mol. The van der Waals surface area contributed by atoms with E-state index in [-0.39, 0.29) is 0 Å². The van der Waals surface area contributed by atoms with Crippen LogP contribution in [0, 0.1) is 0 Å². The molecule has 1 aromatic carbocycles. The van der Waals surface area contributed by atoms with E-state index in [9.17, 15) is 0 Å². The molecule has 0 N–H and O–H groups in total. The predicted octanol–water partition coefficient (Wildman–Crippen LogP) is 3.69. The number of piperidine rings is 2. The van der Waals surface area contributed by atoms with Crippen LogP contribution in [0.3, 0.4) is 0 Å². The third-order valence-electron chi connectivity index (χ3n) is 6.20. The molecular formula is C23H34N4O2. The van der Waals surface area contributed by atoms with Crippen molar-refractivity contribution in [2.75, 3.05) is 53.5 Å². The minimum Gasteiger partial charge on any atom is -0.493 e. The number of imidazole rings is 1. The number of ether oxygens (including phenoxy) is 2. The number of nitrogens with zero attached hydrogens (tertiary/aromatic N) is 4. The largest absolute Gasteiger partial charge is 0.493 e. The van der Waals surface area contributed by atoms with Gasteiger partial charge in [0.15, 0.2) is 11.5 Å². The number of hydrogen-bond donors (Lipinski definition) is 0. The van der Waals surface area contributed by atoms with Gasteiger partial charge in [-0.05, 0) is 70.6 Å². The SMILES string of the molecule is COc1cc(-c2nccn2C2CCCN(C)C2)ccc1OCCN1CCCCC1. The highest BCUT2D eigenvalue weighted by molar-refractivity contribution is 5.61. The summed E-state index contributed by atoms with van der Waals surface area (Å²) in [5.41, 5.74) is 1.07. The van der Waals surface area contributed by atoms with E-state index in [0.29, 0.717) is 12.6 Å². The van der Waals surface area contributed by atoms with Gasteiger partial charge in [-0.15, -0.1) is 0 Å². The Morgan fingerprint density at radius 1 is 1.07 bits per heavy atom. The van der Waals surface area contributed by atoms with E-state index < -0.39 is 0 Å². The van der Waals surface area contributed by atoms with Crippen molar-refractivity contribution in [2.45, 2.75) is 38.1 Å². The van der Waals surface area contributed by atoms with Crippen molar-refractivity contribution in [1.82, 2.24) is 19.4 Å². The molecule has 0 radical (unpaired) electrons. The Hall–Kier alpha value is -2.05. The van der Waals surface area contributed by atoms with Gasteiger partial charge in [-0.3, -0.25) is 4.90 Å². The molecule has 6 nitrogen and oxygen atoms in total. The van der Waals surface area contributed by atoms with Gasteiger partial charge < -0.3 is 18.9 Å². The molecule has 2 saturated heterocycles. The zero-order chi connectivity index (χ0) is 20.1. The van der Waals surface area contributed by atoms with E-state index in [2.05, 4.69) is 44.7 Å². The van der Waals surface area contributed by atoms with Crippen LogP contribution in [0.15, 0.2) is 30.6 Å². The van der Waals surface area contributed by atoms with Crippen LogP contribution in [-0.4, -0.2) is 72.8 Å². The first-order valence-electron chi connectivity index (χ1n) is 11.0. The standard InChI is InChI=1S/C23H34N4O2/c1-25-11-6-7-20(18-25)27-14-10-24-23(27)19-8-9-21(22(17-19)28-2)29-16-15-26-12-4-3-5-13-26/h8-10,14,17,20H,3-7,11-13,15-16,18H2,1-2H3. The molecule has 6 heteroatoms. The lowest BCUT2D eigenvalue weighted by Crippen LogP contribution is -2.33. The van der Waals surface area contributed by atoms with Crippen molar-refractivity contribution in [3.63, 3.8) is 0 Å². The maximum absolute atomic E-state index is 6.06. The fraction of sp³-hybridized carbons (Fsp3) is 0.609. The Morgan fingerprint density at radius 3 is 2.72 bits per heavy atom. The molecule has 2 fully saturated rings. The fourth-order valence-corrected chi connectivity index (χ4v) is 4.59. The second-order valence-corrected chi connectivity index (χ2v) is 8.33. The van der Waals surface area contributed by atoms with Crippen molar-refractivity contribution >= 4 is 0 Å². The van der Waals surface area contributed by atoms with E-state index in [4.69, 9.17) is 9.47 Å². The molecule has 0 bridgehead atoms. The van der Waals surface area contributed by atoms with E-state index in [1.54, 1.807) is 7.11 Å². The smallest absolute Gasteiger partial charge is 0.161 e. The van der Waals surface area contributed by atoms with Crippen molar-refractivity contribution in [3.05, 3.63) is 30.6 Å². The maximum Gasteiger partial charge on any atom is 0.161 e. The van der Waals surface area contributed by atoms with Crippen LogP contribution in [-0.2, 0) is 0 Å². The molecule has 1 aromatic heterocycles. The van der Waals surface area contributed by atoms with E-state index in [1.807, 2.05) is 12.3 Å². The highest BCUT2D eigenvalue weighted by Crippen LogP contribution is 2.34. The Morgan fingerprint density at radius 2 is 1.93 bits per heavy atom. The Labute approximate surface area is 174 Å². The number of methoxy groups -OCH3 is 1. The summed E-state index contributed by atoms with van der Waals surface area (Å²) in [6.45, 7) is 6.30. The molecule has 2 aliphatic heterocycles. The lowest BCUT2D eigenvalue weighted by molar-refractivity contribution is 0.180. The highest BCUT2D eigenvalue weighted by Gasteiger charge is 2.22. The normalized spacial score (nSPS) is 21.2. The first-order valence-corrected chi connectivity index (χ1v) is 11.0. The lowest BCUT2D eigenvalue weighted by Gasteiger charge is -2.31. The third kappa shape index (κ3) is 4.93. The minimum absolute atomic E-state index is 0.470. The van der Waals surface area contributed by atoms with E-state index in [1.165, 1.54) is 51.7 Å². The summed E-state index contributed by atoms with van der Waals surface area (Å²) in [5, 5.41) is 0. The van der Waals surface area contributed by atoms with Crippen molar-refractivity contribution in [3.8, 4) is 22.9 Å². The number of benzene rings is 1. The second-order valence-electron chi connectivity index (χ2n) is 8.33. The molecular weight excluding hydrogens is 364 g/mol. The van der Waals surface area contributed by atoms with Gasteiger partial charge in [0.05, 0.1) is 7.11 Å². The second kappa shape index (κ2) is 9.63. The van der Waals surface area contributed by atoms with Crippen LogP contribution in [0.5, 0.6) is 11.5 Å². The number of rotatable bonds is 7. The zero-order valence-corrected chi connectivity index (χ0v) is 17.8. The minimum atomic E-state index is 0.470. The first kappa shape index (κ1) is 20.2. The van der Waals surface area contributed by atoms with Crippen molar-refractivity contribution in [1.29, 1.82) is 0 Å². The number of hydrogen-bond acceptors (Lipinski definition) is 5. The molecule has 158 valence electrons. The average molecular weight is 399 g/mol. The molecule has 0 saturated carbocycles. The fourth-order valence-electron chi connectivity index (χ4n) is 4.59. The summed E-state index contributed by atoms with van der Waals surface area (Å²) in [6.07, 6.45) is 10.4. The molecule has 0 aliphatic carbocycles. The summed E-state index contributed by atoms with van der Waals surface area (Å²) >= 11 is 0. The Balaban J connectivity index is 1.45. The van der Waals surface area contributed by atoms with Crippen LogP contribution in [0.1, 0.15) is 38.1 Å². The number of likely N-dealkylation sites (N-methyl/N-ethyl adjacent to an activating group) is 1. The van der Waals surface area contributed by atoms with E-state index in [0.717, 1.165) is 36.0 Å². The van der Waals surface area contributed by atoms with Gasteiger partial charge in [-0.2, -0.15) is 0 Å². The third-order valence-corrected chi connectivity index (χ3v) is 6.20. The lowest BCUT2D eigenvalue weighted by atomic mass is 10.1. The molecule has 3 heterocycles. The van der Waals surface area contributed by atoms with Crippen molar-refractivity contribution < 1.29 is 9.47 Å². The molecule has 1 unspecified atom stereocenters. The van der Waals surface area contributed by atoms with Crippen LogP contribution in [0.25, 0.3) is 11.4 Å². The molecule has 29 heavy (non-hydrogen) atoms. The van der Waals surface area contributed by atoms with Crippen LogP contribution in [0.2, 0.25) is 0 Å². The summed E-state index contributed by atoms with van der Waals surface area (Å²) in [7, 11) is 3.90. The van der Waals surface area contributed by atoms with Gasteiger partial charge in [0.1, 0.15) is 12.4 Å². The highest BCUT2D eigenvalue weighted by atomic mass is 16.5. The average Bonchev–Trinajstić information content (AvgIpc) is 3.25.